The number of halogens is 1. The van der Waals surface area contributed by atoms with Crippen molar-refractivity contribution >= 4 is 5.69 Å². The summed E-state index contributed by atoms with van der Waals surface area (Å²) in [5.41, 5.74) is 0.920. The summed E-state index contributed by atoms with van der Waals surface area (Å²) >= 11 is 0. The van der Waals surface area contributed by atoms with E-state index in [2.05, 4.69) is 0 Å². The first-order valence-electron chi connectivity index (χ1n) is 4.87. The van der Waals surface area contributed by atoms with Crippen LogP contribution in [0.2, 0.25) is 0 Å². The number of likely N-dealkylation sites (N-methyl/N-ethyl adjacent to an activating group) is 1. The van der Waals surface area contributed by atoms with Crippen molar-refractivity contribution in [2.45, 2.75) is 13.5 Å². The number of hydrogen-bond acceptors (Lipinski definition) is 3. The number of nitrogens with zero attached hydrogens (tertiary/aromatic N) is 1. The number of methoxy groups -OCH3 is 1. The third kappa shape index (κ3) is 2.44. The first-order chi connectivity index (χ1) is 7.20. The highest BCUT2D eigenvalue weighted by Crippen LogP contribution is 2.32. The predicted octanol–water partition coefficient (Wildman–Crippen LogP) is 2.31. The molecule has 0 fully saturated rings. The molecule has 0 bridgehead atoms. The number of ether oxygens (including phenoxy) is 2. The molecule has 16 heavy (non-hydrogen) atoms. The molecule has 1 atom stereocenters. The average Bonchev–Trinajstić information content (AvgIpc) is 2.17. The number of hydrogen-bond donors (Lipinski definition) is 0. The van der Waals surface area contributed by atoms with Crippen LogP contribution in [0.15, 0.2) is 18.2 Å². The Kier molecular flexibility index (Phi) is 4.12. The minimum atomic E-state index is -0.278. The van der Waals surface area contributed by atoms with Gasteiger partial charge in [-0.3, -0.25) is 0 Å². The minimum Gasteiger partial charge on any atom is -0.484 e. The van der Waals surface area contributed by atoms with Gasteiger partial charge < -0.3 is 14.4 Å². The molecule has 0 N–H and O–H groups in total. The number of rotatable bonds is 2. The van der Waals surface area contributed by atoms with Gasteiger partial charge in [0.1, 0.15) is 17.7 Å². The number of fused-ring (bicyclic) bond motifs is 1. The maximum atomic E-state index is 13.0. The first-order valence-corrected chi connectivity index (χ1v) is 4.87. The van der Waals surface area contributed by atoms with E-state index < -0.39 is 0 Å². The van der Waals surface area contributed by atoms with Crippen LogP contribution in [-0.4, -0.2) is 33.4 Å². The highest BCUT2D eigenvalue weighted by molar-refractivity contribution is 5.59. The molecule has 3 nitrogen and oxygen atoms in total. The van der Waals surface area contributed by atoms with Gasteiger partial charge in [0, 0.05) is 20.2 Å². The van der Waals surface area contributed by atoms with Gasteiger partial charge in [0.2, 0.25) is 0 Å². The standard InChI is InChI=1S/C11H14FNO2.CH4/c1-13-6-9(7-14-2)15-11-5-8(12)3-4-10(11)13;/h3-5,9H,6-7H2,1-2H3;1H4/t9-;/m1./s1. The zero-order valence-corrected chi connectivity index (χ0v) is 8.87. The van der Waals surface area contributed by atoms with Crippen LogP contribution in [0.5, 0.6) is 5.75 Å². The summed E-state index contributed by atoms with van der Waals surface area (Å²) in [6.45, 7) is 1.27. The van der Waals surface area contributed by atoms with Crippen molar-refractivity contribution in [3.63, 3.8) is 0 Å². The lowest BCUT2D eigenvalue weighted by atomic mass is 10.2. The third-order valence-corrected chi connectivity index (χ3v) is 2.46. The van der Waals surface area contributed by atoms with Crippen LogP contribution in [0.25, 0.3) is 0 Å². The van der Waals surface area contributed by atoms with Crippen molar-refractivity contribution in [2.24, 2.45) is 0 Å². The molecule has 0 aromatic heterocycles. The number of benzene rings is 1. The fourth-order valence-electron chi connectivity index (χ4n) is 1.79. The molecule has 0 aliphatic carbocycles. The van der Waals surface area contributed by atoms with E-state index in [1.807, 2.05) is 11.9 Å². The molecule has 1 aliphatic rings. The molecule has 0 unspecified atom stereocenters. The van der Waals surface area contributed by atoms with Gasteiger partial charge in [0.05, 0.1) is 18.8 Å². The summed E-state index contributed by atoms with van der Waals surface area (Å²) in [6, 6.07) is 4.58. The Morgan fingerprint density at radius 1 is 1.56 bits per heavy atom. The second kappa shape index (κ2) is 5.16. The first kappa shape index (κ1) is 12.8. The zero-order valence-electron chi connectivity index (χ0n) is 8.87. The van der Waals surface area contributed by atoms with Crippen LogP contribution in [0.3, 0.4) is 0 Å². The molecule has 1 aromatic rings. The molecule has 0 radical (unpaired) electrons. The largest absolute Gasteiger partial charge is 0.484 e. The van der Waals surface area contributed by atoms with E-state index in [0.717, 1.165) is 12.2 Å². The van der Waals surface area contributed by atoms with E-state index in [1.165, 1.54) is 12.1 Å². The molecule has 1 heterocycles. The Labute approximate surface area is 95.8 Å². The van der Waals surface area contributed by atoms with Gasteiger partial charge in [-0.05, 0) is 12.1 Å². The predicted molar refractivity (Wildman–Crippen MR) is 62.7 cm³/mol. The average molecular weight is 227 g/mol. The van der Waals surface area contributed by atoms with Crippen molar-refractivity contribution in [3.8, 4) is 5.75 Å². The second-order valence-corrected chi connectivity index (χ2v) is 3.69. The quantitative estimate of drug-likeness (QED) is 0.774. The molecule has 0 saturated heterocycles. The molecule has 1 aliphatic heterocycles. The lowest BCUT2D eigenvalue weighted by Crippen LogP contribution is -2.40. The van der Waals surface area contributed by atoms with Crippen LogP contribution in [0.4, 0.5) is 10.1 Å². The Morgan fingerprint density at radius 3 is 3.00 bits per heavy atom. The highest BCUT2D eigenvalue weighted by Gasteiger charge is 2.23. The second-order valence-electron chi connectivity index (χ2n) is 3.69. The smallest absolute Gasteiger partial charge is 0.146 e. The van der Waals surface area contributed by atoms with Gasteiger partial charge in [-0.1, -0.05) is 7.43 Å². The third-order valence-electron chi connectivity index (χ3n) is 2.46. The van der Waals surface area contributed by atoms with Crippen LogP contribution in [0.1, 0.15) is 7.43 Å². The maximum Gasteiger partial charge on any atom is 0.146 e. The summed E-state index contributed by atoms with van der Waals surface area (Å²) in [4.78, 5) is 2.04. The van der Waals surface area contributed by atoms with Crippen LogP contribution >= 0.6 is 0 Å². The van der Waals surface area contributed by atoms with Crippen molar-refractivity contribution in [2.75, 3.05) is 32.2 Å². The van der Waals surface area contributed by atoms with Crippen LogP contribution < -0.4 is 9.64 Å². The topological polar surface area (TPSA) is 21.7 Å². The van der Waals surface area contributed by atoms with Gasteiger partial charge in [-0.25, -0.2) is 4.39 Å². The van der Waals surface area contributed by atoms with Crippen molar-refractivity contribution < 1.29 is 13.9 Å². The SMILES string of the molecule is C.COC[C@H]1CN(C)c2ccc(F)cc2O1. The summed E-state index contributed by atoms with van der Waals surface area (Å²) < 4.78 is 23.7. The van der Waals surface area contributed by atoms with Gasteiger partial charge >= 0.3 is 0 Å². The molecular weight excluding hydrogens is 209 g/mol. The normalized spacial score (nSPS) is 18.4. The van der Waals surface area contributed by atoms with Gasteiger partial charge in [-0.15, -0.1) is 0 Å². The lowest BCUT2D eigenvalue weighted by Gasteiger charge is -2.33. The molecule has 90 valence electrons. The Morgan fingerprint density at radius 2 is 2.31 bits per heavy atom. The molecule has 0 saturated carbocycles. The van der Waals surface area contributed by atoms with Crippen molar-refractivity contribution in [1.82, 2.24) is 0 Å². The summed E-state index contributed by atoms with van der Waals surface area (Å²) in [5.74, 6) is 0.311. The van der Waals surface area contributed by atoms with E-state index >= 15 is 0 Å². The highest BCUT2D eigenvalue weighted by atomic mass is 19.1. The van der Waals surface area contributed by atoms with Crippen molar-refractivity contribution in [3.05, 3.63) is 24.0 Å². The molecular formula is C12H18FNO2. The summed E-state index contributed by atoms with van der Waals surface area (Å²) in [5, 5.41) is 0. The van der Waals surface area contributed by atoms with E-state index in [4.69, 9.17) is 9.47 Å². The van der Waals surface area contributed by atoms with E-state index in [9.17, 15) is 4.39 Å². The van der Waals surface area contributed by atoms with E-state index in [1.54, 1.807) is 13.2 Å². The van der Waals surface area contributed by atoms with Gasteiger partial charge in [0.25, 0.3) is 0 Å². The fraction of sp³-hybridized carbons (Fsp3) is 0.500. The van der Waals surface area contributed by atoms with Crippen LogP contribution in [-0.2, 0) is 4.74 Å². The summed E-state index contributed by atoms with van der Waals surface area (Å²) in [7, 11) is 3.59. The monoisotopic (exact) mass is 227 g/mol. The maximum absolute atomic E-state index is 13.0. The molecule has 0 spiro atoms. The molecule has 4 heteroatoms. The fourth-order valence-corrected chi connectivity index (χ4v) is 1.79. The molecule has 0 amide bonds. The minimum absolute atomic E-state index is 0. The van der Waals surface area contributed by atoms with Crippen LogP contribution in [0, 0.1) is 5.82 Å². The van der Waals surface area contributed by atoms with E-state index in [-0.39, 0.29) is 19.3 Å². The van der Waals surface area contributed by atoms with Gasteiger partial charge in [-0.2, -0.15) is 0 Å². The Hall–Kier alpha value is -1.29. The Bertz CT molecular complexity index is 357. The zero-order chi connectivity index (χ0) is 10.8. The van der Waals surface area contributed by atoms with E-state index in [0.29, 0.717) is 12.4 Å². The molecule has 2 rings (SSSR count). The lowest BCUT2D eigenvalue weighted by molar-refractivity contribution is 0.0799. The summed E-state index contributed by atoms with van der Waals surface area (Å²) in [6.07, 6.45) is -0.0331. The van der Waals surface area contributed by atoms with Crippen molar-refractivity contribution in [1.29, 1.82) is 0 Å². The molecule has 1 aromatic carbocycles. The van der Waals surface area contributed by atoms with Gasteiger partial charge in [0.15, 0.2) is 0 Å². The number of anilines is 1. The Balaban J connectivity index is 0.00000128.